The number of nitrogens with zero attached hydrogens (tertiary/aromatic N) is 1. The highest BCUT2D eigenvalue weighted by molar-refractivity contribution is 9.10. The van der Waals surface area contributed by atoms with Crippen LogP contribution in [0.5, 0.6) is 0 Å². The molecule has 0 fully saturated rings. The van der Waals surface area contributed by atoms with E-state index >= 15 is 0 Å². The van der Waals surface area contributed by atoms with Gasteiger partial charge in [-0.3, -0.25) is 4.79 Å². The first-order valence-corrected chi connectivity index (χ1v) is 4.79. The lowest BCUT2D eigenvalue weighted by Crippen LogP contribution is -2.03. The zero-order valence-corrected chi connectivity index (χ0v) is 9.31. The van der Waals surface area contributed by atoms with E-state index in [1.54, 1.807) is 6.07 Å². The van der Waals surface area contributed by atoms with Crippen molar-refractivity contribution in [3.63, 3.8) is 0 Å². The van der Waals surface area contributed by atoms with Crippen LogP contribution in [0.2, 0.25) is 0 Å². The molecule has 0 radical (unpaired) electrons. The van der Waals surface area contributed by atoms with Crippen LogP contribution in [0.4, 0.5) is 8.78 Å². The van der Waals surface area contributed by atoms with Crippen LogP contribution in [0.1, 0.15) is 34.8 Å². The number of ketones is 1. The number of rotatable bonds is 2. The molecule has 2 nitrogen and oxygen atoms in total. The van der Waals surface area contributed by atoms with Crippen molar-refractivity contribution in [3.8, 4) is 6.07 Å². The largest absolute Gasteiger partial charge is 0.294 e. The molecule has 0 spiro atoms. The molecule has 15 heavy (non-hydrogen) atoms. The van der Waals surface area contributed by atoms with Crippen molar-refractivity contribution in [1.82, 2.24) is 0 Å². The van der Waals surface area contributed by atoms with Crippen molar-refractivity contribution < 1.29 is 13.6 Å². The number of Topliss-reactive ketones (excluding diaryl/α,β-unsaturated/α-hetero) is 1. The maximum Gasteiger partial charge on any atom is 0.265 e. The summed E-state index contributed by atoms with van der Waals surface area (Å²) in [6, 6.07) is 4.22. The van der Waals surface area contributed by atoms with Gasteiger partial charge in [-0.2, -0.15) is 5.26 Å². The maximum atomic E-state index is 12.6. The number of halogens is 3. The lowest BCUT2D eigenvalue weighted by atomic mass is 9.99. The van der Waals surface area contributed by atoms with Crippen molar-refractivity contribution >= 4 is 21.7 Å². The summed E-state index contributed by atoms with van der Waals surface area (Å²) in [7, 11) is 0. The lowest BCUT2D eigenvalue weighted by Gasteiger charge is -2.08. The summed E-state index contributed by atoms with van der Waals surface area (Å²) < 4.78 is 25.7. The molecule has 0 amide bonds. The topological polar surface area (TPSA) is 40.9 Å². The third kappa shape index (κ3) is 2.39. The number of carbonyl (C=O) groups excluding carboxylic acids is 1. The van der Waals surface area contributed by atoms with E-state index < -0.39 is 17.8 Å². The summed E-state index contributed by atoms with van der Waals surface area (Å²) in [4.78, 5) is 11.1. The first-order chi connectivity index (χ1) is 6.97. The van der Waals surface area contributed by atoms with Gasteiger partial charge in [-0.25, -0.2) is 8.78 Å². The van der Waals surface area contributed by atoms with E-state index in [1.807, 2.05) is 0 Å². The van der Waals surface area contributed by atoms with Gasteiger partial charge in [0.05, 0.1) is 11.6 Å². The van der Waals surface area contributed by atoms with E-state index in [2.05, 4.69) is 15.9 Å². The molecule has 5 heteroatoms. The number of carbonyl (C=O) groups is 1. The quantitative estimate of drug-likeness (QED) is 0.775. The molecule has 1 aromatic rings. The van der Waals surface area contributed by atoms with Crippen LogP contribution in [0, 0.1) is 11.3 Å². The molecule has 0 aliphatic heterocycles. The lowest BCUT2D eigenvalue weighted by molar-refractivity contribution is 0.0998. The Bertz CT molecular complexity index is 451. The van der Waals surface area contributed by atoms with Gasteiger partial charge in [0, 0.05) is 15.6 Å². The van der Waals surface area contributed by atoms with E-state index in [9.17, 15) is 13.6 Å². The third-order valence-electron chi connectivity index (χ3n) is 1.86. The zero-order valence-electron chi connectivity index (χ0n) is 7.72. The summed E-state index contributed by atoms with van der Waals surface area (Å²) in [5, 5.41) is 8.68. The molecular formula is C10H6BrF2NO. The van der Waals surface area contributed by atoms with Crippen molar-refractivity contribution in [3.05, 3.63) is 33.3 Å². The summed E-state index contributed by atoms with van der Waals surface area (Å²) in [5.74, 6) is -0.483. The minimum absolute atomic E-state index is 0.115. The number of hydrogen-bond donors (Lipinski definition) is 0. The maximum absolute atomic E-state index is 12.6. The van der Waals surface area contributed by atoms with Gasteiger partial charge in [-0.15, -0.1) is 0 Å². The van der Waals surface area contributed by atoms with Crippen LogP contribution in [-0.4, -0.2) is 5.78 Å². The van der Waals surface area contributed by atoms with E-state index in [0.717, 1.165) is 0 Å². The molecule has 0 aliphatic carbocycles. The Hall–Kier alpha value is -1.28. The zero-order chi connectivity index (χ0) is 11.6. The molecule has 0 aliphatic rings. The van der Waals surface area contributed by atoms with Crippen molar-refractivity contribution in [2.45, 2.75) is 13.3 Å². The molecular weight excluding hydrogens is 268 g/mol. The smallest absolute Gasteiger partial charge is 0.265 e. The van der Waals surface area contributed by atoms with Crippen LogP contribution in [0.25, 0.3) is 0 Å². The molecule has 0 bridgehead atoms. The van der Waals surface area contributed by atoms with E-state index in [0.29, 0.717) is 4.47 Å². The summed E-state index contributed by atoms with van der Waals surface area (Å²) in [5.41, 5.74) is -0.784. The van der Waals surface area contributed by atoms with Gasteiger partial charge in [0.25, 0.3) is 6.43 Å². The summed E-state index contributed by atoms with van der Waals surface area (Å²) in [6.07, 6.45) is -2.83. The number of hydrogen-bond acceptors (Lipinski definition) is 2. The molecule has 0 N–H and O–H groups in total. The van der Waals surface area contributed by atoms with Crippen LogP contribution >= 0.6 is 15.9 Å². The van der Waals surface area contributed by atoms with Crippen LogP contribution in [0.15, 0.2) is 16.6 Å². The summed E-state index contributed by atoms with van der Waals surface area (Å²) >= 11 is 3.06. The predicted octanol–water partition coefficient (Wildman–Crippen LogP) is 3.46. The third-order valence-corrected chi connectivity index (χ3v) is 2.32. The second kappa shape index (κ2) is 4.49. The molecule has 1 rings (SSSR count). The minimum Gasteiger partial charge on any atom is -0.294 e. The van der Waals surface area contributed by atoms with Gasteiger partial charge in [-0.05, 0) is 19.1 Å². The molecule has 0 saturated carbocycles. The molecule has 0 atom stereocenters. The average Bonchev–Trinajstić information content (AvgIpc) is 2.15. The van der Waals surface area contributed by atoms with Gasteiger partial charge >= 0.3 is 0 Å². The Morgan fingerprint density at radius 2 is 2.13 bits per heavy atom. The van der Waals surface area contributed by atoms with Crippen molar-refractivity contribution in [1.29, 1.82) is 5.26 Å². The Labute approximate surface area is 93.6 Å². The Morgan fingerprint density at radius 1 is 1.53 bits per heavy atom. The molecule has 1 aromatic carbocycles. The monoisotopic (exact) mass is 273 g/mol. The standard InChI is InChI=1S/C10H6BrF2NO/c1-5(15)8-3-7(11)2-6(4-14)9(8)10(12)13/h2-3,10H,1H3. The van der Waals surface area contributed by atoms with Crippen molar-refractivity contribution in [2.75, 3.05) is 0 Å². The van der Waals surface area contributed by atoms with Gasteiger partial charge in [-0.1, -0.05) is 15.9 Å². The number of alkyl halides is 2. The Morgan fingerprint density at radius 3 is 2.53 bits per heavy atom. The highest BCUT2D eigenvalue weighted by atomic mass is 79.9. The van der Waals surface area contributed by atoms with Gasteiger partial charge in [0.15, 0.2) is 5.78 Å². The highest BCUT2D eigenvalue weighted by Gasteiger charge is 2.21. The molecule has 0 aromatic heterocycles. The van der Waals surface area contributed by atoms with Gasteiger partial charge in [0.1, 0.15) is 0 Å². The first kappa shape index (κ1) is 11.8. The fraction of sp³-hybridized carbons (Fsp3) is 0.200. The second-order valence-corrected chi connectivity index (χ2v) is 3.80. The van der Waals surface area contributed by atoms with Gasteiger partial charge < -0.3 is 0 Å². The van der Waals surface area contributed by atoms with Crippen LogP contribution in [0.3, 0.4) is 0 Å². The van der Waals surface area contributed by atoms with E-state index in [1.165, 1.54) is 19.1 Å². The molecule has 78 valence electrons. The van der Waals surface area contributed by atoms with Crippen LogP contribution in [-0.2, 0) is 0 Å². The SMILES string of the molecule is CC(=O)c1cc(Br)cc(C#N)c1C(F)F. The molecule has 0 saturated heterocycles. The molecule has 0 heterocycles. The van der Waals surface area contributed by atoms with Crippen molar-refractivity contribution in [2.24, 2.45) is 0 Å². The Balaban J connectivity index is 3.56. The molecule has 0 unspecified atom stereocenters. The first-order valence-electron chi connectivity index (χ1n) is 4.00. The van der Waals surface area contributed by atoms with E-state index in [4.69, 9.17) is 5.26 Å². The van der Waals surface area contributed by atoms with E-state index in [-0.39, 0.29) is 11.1 Å². The number of nitriles is 1. The second-order valence-electron chi connectivity index (χ2n) is 2.88. The fourth-order valence-corrected chi connectivity index (χ4v) is 1.69. The Kier molecular flexibility index (Phi) is 3.53. The van der Waals surface area contributed by atoms with Crippen LogP contribution < -0.4 is 0 Å². The predicted molar refractivity (Wildman–Crippen MR) is 53.8 cm³/mol. The highest BCUT2D eigenvalue weighted by Crippen LogP contribution is 2.29. The average molecular weight is 274 g/mol. The fourth-order valence-electron chi connectivity index (χ4n) is 1.24. The number of benzene rings is 1. The van der Waals surface area contributed by atoms with Gasteiger partial charge in [0.2, 0.25) is 0 Å². The minimum atomic E-state index is -2.83. The summed E-state index contributed by atoms with van der Waals surface area (Å²) in [6.45, 7) is 1.19. The normalized spacial score (nSPS) is 10.1.